The van der Waals surface area contributed by atoms with Gasteiger partial charge in [-0.2, -0.15) is 0 Å². The van der Waals surface area contributed by atoms with Crippen LogP contribution in [-0.2, 0) is 0 Å². The highest BCUT2D eigenvalue weighted by molar-refractivity contribution is 6.19. The number of carbonyl (C=O) groups is 2. The van der Waals surface area contributed by atoms with Gasteiger partial charge in [0.1, 0.15) is 0 Å². The smallest absolute Gasteiger partial charge is 0.336 e. The highest BCUT2D eigenvalue weighted by Gasteiger charge is 2.18. The molecular weight excluding hydrogens is 264 g/mol. The van der Waals surface area contributed by atoms with Gasteiger partial charge in [-0.25, -0.2) is 4.79 Å². The van der Waals surface area contributed by atoms with Crippen molar-refractivity contribution < 1.29 is 14.7 Å². The molecule has 0 saturated carbocycles. The Labute approximate surface area is 121 Å². The van der Waals surface area contributed by atoms with Crippen molar-refractivity contribution in [1.82, 2.24) is 0 Å². The van der Waals surface area contributed by atoms with Crippen LogP contribution in [0.5, 0.6) is 0 Å². The number of hydrogen-bond acceptors (Lipinski definition) is 2. The quantitative estimate of drug-likeness (QED) is 0.741. The standard InChI is InChI=1S/C18H12O3/c19-17(15-9-3-4-10-16(15)18(20)21)14-11-5-7-12-6-1-2-8-13(12)14/h1-11H,(H,20,21). The van der Waals surface area contributed by atoms with Crippen molar-refractivity contribution in [1.29, 1.82) is 0 Å². The average Bonchev–Trinajstić information content (AvgIpc) is 2.53. The maximum atomic E-state index is 12.7. The molecule has 0 aliphatic carbocycles. The Kier molecular flexibility index (Phi) is 3.24. The molecule has 21 heavy (non-hydrogen) atoms. The third-order valence-electron chi connectivity index (χ3n) is 3.44. The first-order chi connectivity index (χ1) is 10.2. The molecule has 0 aliphatic heterocycles. The molecule has 0 aliphatic rings. The predicted molar refractivity (Wildman–Crippen MR) is 80.8 cm³/mol. The van der Waals surface area contributed by atoms with Crippen LogP contribution in [0.15, 0.2) is 66.7 Å². The number of hydrogen-bond donors (Lipinski definition) is 1. The van der Waals surface area contributed by atoms with E-state index in [-0.39, 0.29) is 16.9 Å². The third-order valence-corrected chi connectivity index (χ3v) is 3.44. The summed E-state index contributed by atoms with van der Waals surface area (Å²) in [7, 11) is 0. The fourth-order valence-electron chi connectivity index (χ4n) is 2.44. The molecule has 0 spiro atoms. The van der Waals surface area contributed by atoms with E-state index in [1.165, 1.54) is 6.07 Å². The predicted octanol–water partition coefficient (Wildman–Crippen LogP) is 3.77. The van der Waals surface area contributed by atoms with Gasteiger partial charge in [0, 0.05) is 11.1 Å². The maximum Gasteiger partial charge on any atom is 0.336 e. The minimum absolute atomic E-state index is 0.0236. The van der Waals surface area contributed by atoms with Gasteiger partial charge in [0.25, 0.3) is 0 Å². The highest BCUT2D eigenvalue weighted by atomic mass is 16.4. The molecule has 3 aromatic rings. The molecule has 3 aromatic carbocycles. The van der Waals surface area contributed by atoms with Crippen LogP contribution in [0.4, 0.5) is 0 Å². The summed E-state index contributed by atoms with van der Waals surface area (Å²) >= 11 is 0. The lowest BCUT2D eigenvalue weighted by Crippen LogP contribution is -2.09. The Hall–Kier alpha value is -2.94. The number of carboxylic acid groups (broad SMARTS) is 1. The molecule has 102 valence electrons. The summed E-state index contributed by atoms with van der Waals surface area (Å²) in [6.45, 7) is 0. The summed E-state index contributed by atoms with van der Waals surface area (Å²) in [4.78, 5) is 24.0. The van der Waals surface area contributed by atoms with Gasteiger partial charge in [-0.15, -0.1) is 0 Å². The molecule has 0 unspecified atom stereocenters. The summed E-state index contributed by atoms with van der Waals surface area (Å²) in [6.07, 6.45) is 0. The van der Waals surface area contributed by atoms with Crippen molar-refractivity contribution >= 4 is 22.5 Å². The van der Waals surface area contributed by atoms with E-state index in [0.29, 0.717) is 5.56 Å². The first-order valence-electron chi connectivity index (χ1n) is 6.53. The third kappa shape index (κ3) is 2.30. The van der Waals surface area contributed by atoms with Crippen molar-refractivity contribution in [3.8, 4) is 0 Å². The molecule has 0 amide bonds. The molecule has 3 rings (SSSR count). The molecule has 1 N–H and O–H groups in total. The second-order valence-electron chi connectivity index (χ2n) is 4.71. The van der Waals surface area contributed by atoms with E-state index in [1.807, 2.05) is 30.3 Å². The number of aromatic carboxylic acids is 1. The summed E-state index contributed by atoms with van der Waals surface area (Å²) in [5.41, 5.74) is 0.749. The second kappa shape index (κ2) is 5.21. The Bertz CT molecular complexity index is 844. The Balaban J connectivity index is 2.20. The number of rotatable bonds is 3. The monoisotopic (exact) mass is 276 g/mol. The van der Waals surface area contributed by atoms with Gasteiger partial charge in [-0.1, -0.05) is 60.7 Å². The van der Waals surface area contributed by atoms with Crippen LogP contribution in [-0.4, -0.2) is 16.9 Å². The zero-order chi connectivity index (χ0) is 14.8. The molecule has 3 heteroatoms. The van der Waals surface area contributed by atoms with Gasteiger partial charge in [0.2, 0.25) is 0 Å². The molecule has 0 radical (unpaired) electrons. The van der Waals surface area contributed by atoms with E-state index in [9.17, 15) is 14.7 Å². The summed E-state index contributed by atoms with van der Waals surface area (Å²) < 4.78 is 0. The van der Waals surface area contributed by atoms with Crippen LogP contribution in [0, 0.1) is 0 Å². The van der Waals surface area contributed by atoms with E-state index in [4.69, 9.17) is 0 Å². The van der Waals surface area contributed by atoms with E-state index in [0.717, 1.165) is 10.8 Å². The molecule has 0 atom stereocenters. The van der Waals surface area contributed by atoms with Gasteiger partial charge < -0.3 is 5.11 Å². The van der Waals surface area contributed by atoms with Crippen LogP contribution in [0.3, 0.4) is 0 Å². The molecule has 0 saturated heterocycles. The summed E-state index contributed by atoms with van der Waals surface area (Å²) in [5.74, 6) is -1.37. The fourth-order valence-corrected chi connectivity index (χ4v) is 2.44. The number of carbonyl (C=O) groups excluding carboxylic acids is 1. The first-order valence-corrected chi connectivity index (χ1v) is 6.53. The highest BCUT2D eigenvalue weighted by Crippen LogP contribution is 2.22. The molecule has 3 nitrogen and oxygen atoms in total. The van der Waals surface area contributed by atoms with Crippen LogP contribution < -0.4 is 0 Å². The zero-order valence-corrected chi connectivity index (χ0v) is 11.1. The van der Waals surface area contributed by atoms with Crippen LogP contribution in [0.2, 0.25) is 0 Å². The SMILES string of the molecule is O=C(O)c1ccccc1C(=O)c1cccc2ccccc12. The number of carboxylic acids is 1. The van der Waals surface area contributed by atoms with Gasteiger partial charge in [-0.3, -0.25) is 4.79 Å². The van der Waals surface area contributed by atoms with Gasteiger partial charge in [0.15, 0.2) is 5.78 Å². The van der Waals surface area contributed by atoms with Crippen molar-refractivity contribution in [2.45, 2.75) is 0 Å². The van der Waals surface area contributed by atoms with E-state index >= 15 is 0 Å². The average molecular weight is 276 g/mol. The Morgan fingerprint density at radius 3 is 2.00 bits per heavy atom. The van der Waals surface area contributed by atoms with Gasteiger partial charge >= 0.3 is 5.97 Å². The topological polar surface area (TPSA) is 54.4 Å². The van der Waals surface area contributed by atoms with Crippen molar-refractivity contribution in [3.05, 3.63) is 83.4 Å². The van der Waals surface area contributed by atoms with Crippen LogP contribution in [0.25, 0.3) is 10.8 Å². The normalized spacial score (nSPS) is 10.5. The lowest BCUT2D eigenvalue weighted by atomic mass is 9.94. The maximum absolute atomic E-state index is 12.7. The van der Waals surface area contributed by atoms with E-state index < -0.39 is 5.97 Å². The first kappa shape index (κ1) is 13.1. The molecule has 0 heterocycles. The number of fused-ring (bicyclic) bond motifs is 1. The summed E-state index contributed by atoms with van der Waals surface area (Å²) in [6, 6.07) is 19.3. The number of ketones is 1. The molecule has 0 fully saturated rings. The van der Waals surface area contributed by atoms with Gasteiger partial charge in [0.05, 0.1) is 5.56 Å². The lowest BCUT2D eigenvalue weighted by Gasteiger charge is -2.08. The lowest BCUT2D eigenvalue weighted by molar-refractivity contribution is 0.0693. The molecule has 0 bridgehead atoms. The molecule has 0 aromatic heterocycles. The van der Waals surface area contributed by atoms with Crippen LogP contribution in [0.1, 0.15) is 26.3 Å². The van der Waals surface area contributed by atoms with Crippen molar-refractivity contribution in [2.24, 2.45) is 0 Å². The second-order valence-corrected chi connectivity index (χ2v) is 4.71. The Morgan fingerprint density at radius 1 is 0.667 bits per heavy atom. The zero-order valence-electron chi connectivity index (χ0n) is 11.1. The van der Waals surface area contributed by atoms with Crippen LogP contribution >= 0.6 is 0 Å². The Morgan fingerprint density at radius 2 is 1.24 bits per heavy atom. The van der Waals surface area contributed by atoms with Crippen molar-refractivity contribution in [2.75, 3.05) is 0 Å². The molecular formula is C18H12O3. The largest absolute Gasteiger partial charge is 0.478 e. The summed E-state index contributed by atoms with van der Waals surface area (Å²) in [5, 5.41) is 11.0. The number of benzene rings is 3. The van der Waals surface area contributed by atoms with E-state index in [2.05, 4.69) is 0 Å². The fraction of sp³-hybridized carbons (Fsp3) is 0. The minimum atomic E-state index is -1.10. The minimum Gasteiger partial charge on any atom is -0.478 e. The van der Waals surface area contributed by atoms with Gasteiger partial charge in [-0.05, 0) is 16.8 Å². The van der Waals surface area contributed by atoms with Crippen molar-refractivity contribution in [3.63, 3.8) is 0 Å². The van der Waals surface area contributed by atoms with E-state index in [1.54, 1.807) is 30.3 Å².